The van der Waals surface area contributed by atoms with E-state index >= 15 is 0 Å². The number of hydrogen-bond acceptors (Lipinski definition) is 13. The van der Waals surface area contributed by atoms with Crippen LogP contribution in [0.5, 0.6) is 0 Å². The van der Waals surface area contributed by atoms with E-state index in [0.29, 0.717) is 69.8 Å². The molecule has 0 aromatic rings. The third-order valence-corrected chi connectivity index (χ3v) is 14.2. The molecule has 1 saturated carbocycles. The molecule has 0 aromatic carbocycles. The van der Waals surface area contributed by atoms with Gasteiger partial charge in [0.05, 0.1) is 24.4 Å². The minimum Gasteiger partial charge on any atom is -0.453 e. The highest BCUT2D eigenvalue weighted by Crippen LogP contribution is 2.38. The molecule has 2 saturated heterocycles. The van der Waals surface area contributed by atoms with Gasteiger partial charge in [0.2, 0.25) is 5.79 Å². The molecule has 3 aliphatic heterocycles. The monoisotopic (exact) mass is 900 g/mol. The van der Waals surface area contributed by atoms with Gasteiger partial charge in [0.1, 0.15) is 18.2 Å². The van der Waals surface area contributed by atoms with E-state index in [2.05, 4.69) is 0 Å². The van der Waals surface area contributed by atoms with E-state index in [1.54, 1.807) is 48.0 Å². The van der Waals surface area contributed by atoms with Crippen LogP contribution in [0.4, 0.5) is 0 Å². The van der Waals surface area contributed by atoms with Crippen molar-refractivity contribution in [3.05, 3.63) is 47.6 Å². The standard InChI is InChI=1S/C50H77NO13/c1-29-16-12-11-13-17-30(2)40(60-8)28-37-21-19-35(7)50(59,64-37)47(56)48(57)51-23-15-14-18-38(51)49(58)63-45(34(6)26-36-20-22-39(52)41(27-36)61-9)42(53)32(4)25-33(5)44(55)46(62-10)43(54)31(3)24-29/h11-13,16-17,25,29,31-32,34-41,44-46,52,55,59H,14-15,18-24,26-28H2,1-10H3/b13-11+,16-12+,30-17+,33-25+/t29?,31-,32-,34-,35-,36+,37+,38+,39-,40?,41-,44-,45-,46+,50-/m1/s1. The number of aliphatic hydroxyl groups excluding tert-OH is 2. The number of cyclic esters (lactones) is 1. The smallest absolute Gasteiger partial charge is 0.329 e. The first-order valence-corrected chi connectivity index (χ1v) is 23.5. The molecular weight excluding hydrogens is 823 g/mol. The van der Waals surface area contributed by atoms with Crippen LogP contribution in [-0.2, 0) is 47.7 Å². The quantitative estimate of drug-likeness (QED) is 0.165. The third-order valence-electron chi connectivity index (χ3n) is 14.2. The number of nitrogens with zero attached hydrogens (tertiary/aromatic N) is 1. The van der Waals surface area contributed by atoms with Crippen molar-refractivity contribution < 1.29 is 63.0 Å². The highest BCUT2D eigenvalue weighted by Gasteiger charge is 2.53. The average molecular weight is 900 g/mol. The number of ether oxygens (including phenoxy) is 5. The van der Waals surface area contributed by atoms with Crippen LogP contribution in [-0.4, -0.2) is 132 Å². The second-order valence-electron chi connectivity index (χ2n) is 19.2. The van der Waals surface area contributed by atoms with E-state index in [9.17, 15) is 39.3 Å². The fraction of sp³-hybridized carbons (Fsp3) is 0.740. The Balaban J connectivity index is 1.73. The Hall–Kier alpha value is -3.37. The van der Waals surface area contributed by atoms with Gasteiger partial charge in [-0.2, -0.15) is 0 Å². The van der Waals surface area contributed by atoms with Crippen molar-refractivity contribution in [3.63, 3.8) is 0 Å². The van der Waals surface area contributed by atoms with Crippen molar-refractivity contribution in [2.75, 3.05) is 27.9 Å². The largest absolute Gasteiger partial charge is 0.453 e. The predicted octanol–water partition coefficient (Wildman–Crippen LogP) is 5.79. The Morgan fingerprint density at radius 1 is 0.828 bits per heavy atom. The molecule has 2 bridgehead atoms. The summed E-state index contributed by atoms with van der Waals surface area (Å²) in [6.45, 7) is 12.5. The van der Waals surface area contributed by atoms with E-state index in [1.165, 1.54) is 7.11 Å². The summed E-state index contributed by atoms with van der Waals surface area (Å²) in [5.74, 6) is -8.76. The lowest BCUT2D eigenvalue weighted by Crippen LogP contribution is -2.61. The number of carbonyl (C=O) groups excluding carboxylic acids is 5. The van der Waals surface area contributed by atoms with Crippen molar-refractivity contribution in [1.29, 1.82) is 0 Å². The minimum absolute atomic E-state index is 0.0109. The number of rotatable bonds is 6. The lowest BCUT2D eigenvalue weighted by Gasteiger charge is -2.42. The van der Waals surface area contributed by atoms with Crippen molar-refractivity contribution >= 4 is 29.2 Å². The number of Topliss-reactive ketones (excluding diaryl/α,β-unsaturated/α-hetero) is 3. The summed E-state index contributed by atoms with van der Waals surface area (Å²) >= 11 is 0. The van der Waals surface area contributed by atoms with Crippen LogP contribution in [0.2, 0.25) is 0 Å². The molecule has 14 heteroatoms. The van der Waals surface area contributed by atoms with E-state index in [0.717, 1.165) is 10.5 Å². The first-order valence-electron chi connectivity index (χ1n) is 23.5. The van der Waals surface area contributed by atoms with Gasteiger partial charge in [0, 0.05) is 58.0 Å². The maximum atomic E-state index is 14.6. The van der Waals surface area contributed by atoms with Gasteiger partial charge in [-0.25, -0.2) is 4.79 Å². The molecule has 0 radical (unpaired) electrons. The van der Waals surface area contributed by atoms with Crippen LogP contribution in [0.3, 0.4) is 0 Å². The van der Waals surface area contributed by atoms with E-state index in [4.69, 9.17) is 23.7 Å². The lowest BCUT2D eigenvalue weighted by molar-refractivity contribution is -0.265. The molecule has 360 valence electrons. The maximum absolute atomic E-state index is 14.6. The number of methoxy groups -OCH3 is 3. The van der Waals surface area contributed by atoms with Gasteiger partial charge >= 0.3 is 5.97 Å². The Morgan fingerprint density at radius 2 is 1.55 bits per heavy atom. The number of piperidine rings is 1. The van der Waals surface area contributed by atoms with Gasteiger partial charge in [0.15, 0.2) is 17.7 Å². The van der Waals surface area contributed by atoms with E-state index in [1.807, 2.05) is 51.2 Å². The number of esters is 1. The second kappa shape index (κ2) is 24.4. The first-order chi connectivity index (χ1) is 30.3. The molecule has 2 unspecified atom stereocenters. The number of fused-ring (bicyclic) bond motifs is 3. The van der Waals surface area contributed by atoms with E-state index < -0.39 is 95.6 Å². The highest BCUT2D eigenvalue weighted by molar-refractivity contribution is 6.39. The Kier molecular flexibility index (Phi) is 20.3. The van der Waals surface area contributed by atoms with Gasteiger partial charge < -0.3 is 43.9 Å². The number of ketones is 3. The molecule has 1 aliphatic carbocycles. The molecule has 0 aromatic heterocycles. The number of aliphatic hydroxyl groups is 3. The van der Waals surface area contributed by atoms with Crippen LogP contribution in [0.25, 0.3) is 0 Å². The zero-order valence-electron chi connectivity index (χ0n) is 39.9. The van der Waals surface area contributed by atoms with E-state index in [-0.39, 0.29) is 36.7 Å². The van der Waals surface area contributed by atoms with Crippen LogP contribution >= 0.6 is 0 Å². The predicted molar refractivity (Wildman–Crippen MR) is 241 cm³/mol. The molecule has 14 nitrogen and oxygen atoms in total. The molecule has 4 rings (SSSR count). The zero-order valence-corrected chi connectivity index (χ0v) is 39.9. The number of allylic oxidation sites excluding steroid dienone is 6. The summed E-state index contributed by atoms with van der Waals surface area (Å²) < 4.78 is 29.3. The summed E-state index contributed by atoms with van der Waals surface area (Å²) in [6.07, 6.45) is 10.4. The Labute approximate surface area is 380 Å². The molecule has 4 aliphatic rings. The summed E-state index contributed by atoms with van der Waals surface area (Å²) in [5, 5.41) is 33.9. The lowest BCUT2D eigenvalue weighted by atomic mass is 9.78. The summed E-state index contributed by atoms with van der Waals surface area (Å²) in [4.78, 5) is 72.3. The fourth-order valence-corrected chi connectivity index (χ4v) is 10.0. The van der Waals surface area contributed by atoms with Gasteiger partial charge in [-0.15, -0.1) is 0 Å². The third kappa shape index (κ3) is 13.4. The van der Waals surface area contributed by atoms with Crippen LogP contribution in [0, 0.1) is 35.5 Å². The maximum Gasteiger partial charge on any atom is 0.329 e. The summed E-state index contributed by atoms with van der Waals surface area (Å²) in [7, 11) is 4.49. The van der Waals surface area contributed by atoms with Gasteiger partial charge in [-0.1, -0.05) is 71.1 Å². The summed E-state index contributed by atoms with van der Waals surface area (Å²) in [6, 6.07) is -1.21. The topological polar surface area (TPSA) is 195 Å². The Bertz CT molecular complexity index is 1740. The summed E-state index contributed by atoms with van der Waals surface area (Å²) in [5.41, 5.74) is 1.21. The highest BCUT2D eigenvalue weighted by atomic mass is 16.6. The molecule has 1 amide bonds. The fourth-order valence-electron chi connectivity index (χ4n) is 10.0. The Morgan fingerprint density at radius 3 is 2.22 bits per heavy atom. The zero-order chi connectivity index (χ0) is 47.5. The molecule has 15 atom stereocenters. The van der Waals surface area contributed by atoms with Crippen LogP contribution in [0.15, 0.2) is 47.6 Å². The van der Waals surface area contributed by atoms with Gasteiger partial charge in [-0.3, -0.25) is 19.2 Å². The second-order valence-corrected chi connectivity index (χ2v) is 19.2. The number of hydrogen-bond donors (Lipinski definition) is 3. The number of carbonyl (C=O) groups is 5. The molecule has 0 spiro atoms. The first kappa shape index (κ1) is 53.2. The van der Waals surface area contributed by atoms with Gasteiger partial charge in [0.25, 0.3) is 11.7 Å². The van der Waals surface area contributed by atoms with Crippen molar-refractivity contribution in [2.24, 2.45) is 35.5 Å². The molecular formula is C50H77NO13. The van der Waals surface area contributed by atoms with Crippen molar-refractivity contribution in [1.82, 2.24) is 4.90 Å². The van der Waals surface area contributed by atoms with Crippen LogP contribution < -0.4 is 0 Å². The average Bonchev–Trinajstić information content (AvgIpc) is 3.27. The minimum atomic E-state index is -2.44. The van der Waals surface area contributed by atoms with Crippen molar-refractivity contribution in [3.8, 4) is 0 Å². The molecule has 64 heavy (non-hydrogen) atoms. The molecule has 3 fully saturated rings. The van der Waals surface area contributed by atoms with Gasteiger partial charge in [-0.05, 0) is 101 Å². The normalized spacial score (nSPS) is 40.7. The molecule has 3 heterocycles. The SMILES string of the molecule is COC1C[C@@H]2CC[C@@H](C)[C@@](O)(O2)C(=O)C(=O)N2CCCC[C@H]2C(=O)O[C@H]([C@H](C)C[C@@H]2CC[C@@H](O)[C@H](OC)C2)C(=O)[C@H](C)/C=C(\C)[C@@H](O)[C@@H](OC)C(=O)[C@H](C)CC(C)/C=C/C=C/C=C/1C. The molecule has 3 N–H and O–H groups in total. The van der Waals surface area contributed by atoms with Crippen LogP contribution in [0.1, 0.15) is 119 Å². The number of amides is 1. The van der Waals surface area contributed by atoms with Crippen molar-refractivity contribution in [2.45, 2.75) is 174 Å².